The molecule has 1 N–H and O–H groups in total. The topological polar surface area (TPSA) is 42.0 Å². The minimum Gasteiger partial charge on any atom is -0.353 e. The second-order valence-electron chi connectivity index (χ2n) is 7.49. The van der Waals surface area contributed by atoms with Gasteiger partial charge in [0, 0.05) is 17.0 Å². The molecule has 1 aliphatic rings. The van der Waals surface area contributed by atoms with Gasteiger partial charge in [0.1, 0.15) is 0 Å². The lowest BCUT2D eigenvalue weighted by molar-refractivity contribution is -0.137. The van der Waals surface area contributed by atoms with Crippen LogP contribution in [0.5, 0.6) is 0 Å². The van der Waals surface area contributed by atoms with Gasteiger partial charge in [0.2, 0.25) is 5.91 Å². The van der Waals surface area contributed by atoms with Gasteiger partial charge in [0.05, 0.1) is 23.2 Å². The van der Waals surface area contributed by atoms with E-state index in [4.69, 9.17) is 0 Å². The van der Waals surface area contributed by atoms with Crippen molar-refractivity contribution in [2.45, 2.75) is 44.3 Å². The standard InChI is InChI=1S/C23H21F3N2O/c24-23(25,26)18-8-4-6-16(13-18)20-12-11-15-5-3-7-17(22(15)28-20)14-21(29)27-19-9-1-2-10-19/h3-8,11-13,19H,1-2,9-10,14H2,(H,27,29). The van der Waals surface area contributed by atoms with Gasteiger partial charge in [-0.25, -0.2) is 4.98 Å². The molecule has 0 radical (unpaired) electrons. The Bertz CT molecular complexity index is 1040. The van der Waals surface area contributed by atoms with Crippen LogP contribution in [-0.4, -0.2) is 16.9 Å². The maximum atomic E-state index is 13.0. The first-order valence-electron chi connectivity index (χ1n) is 9.76. The predicted octanol–water partition coefficient (Wildman–Crippen LogP) is 5.52. The number of hydrogen-bond donors (Lipinski definition) is 1. The second kappa shape index (κ2) is 7.85. The lowest BCUT2D eigenvalue weighted by Gasteiger charge is -2.13. The fourth-order valence-electron chi connectivity index (χ4n) is 3.89. The Kier molecular flexibility index (Phi) is 5.26. The molecule has 2 aromatic carbocycles. The Hall–Kier alpha value is -2.89. The normalized spacial score (nSPS) is 15.0. The number of aromatic nitrogens is 1. The van der Waals surface area contributed by atoms with Crippen LogP contribution >= 0.6 is 0 Å². The van der Waals surface area contributed by atoms with Crippen molar-refractivity contribution in [3.8, 4) is 11.3 Å². The van der Waals surface area contributed by atoms with Crippen LogP contribution < -0.4 is 5.32 Å². The van der Waals surface area contributed by atoms with Gasteiger partial charge in [0.25, 0.3) is 0 Å². The lowest BCUT2D eigenvalue weighted by Crippen LogP contribution is -2.33. The van der Waals surface area contributed by atoms with E-state index in [0.717, 1.165) is 48.8 Å². The van der Waals surface area contributed by atoms with Gasteiger partial charge < -0.3 is 5.32 Å². The number of alkyl halides is 3. The molecule has 1 fully saturated rings. The van der Waals surface area contributed by atoms with Crippen LogP contribution in [0.25, 0.3) is 22.2 Å². The van der Waals surface area contributed by atoms with Crippen LogP contribution in [0.4, 0.5) is 13.2 Å². The summed E-state index contributed by atoms with van der Waals surface area (Å²) in [4.78, 5) is 17.1. The number of carbonyl (C=O) groups excluding carboxylic acids is 1. The van der Waals surface area contributed by atoms with E-state index in [2.05, 4.69) is 10.3 Å². The van der Waals surface area contributed by atoms with Crippen molar-refractivity contribution in [2.75, 3.05) is 0 Å². The van der Waals surface area contributed by atoms with Crippen LogP contribution in [0, 0.1) is 0 Å². The van der Waals surface area contributed by atoms with Crippen molar-refractivity contribution in [3.63, 3.8) is 0 Å². The minimum absolute atomic E-state index is 0.0457. The second-order valence-corrected chi connectivity index (χ2v) is 7.49. The van der Waals surface area contributed by atoms with Gasteiger partial charge in [-0.05, 0) is 36.6 Å². The summed E-state index contributed by atoms with van der Waals surface area (Å²) in [5.41, 5.74) is 1.55. The van der Waals surface area contributed by atoms with Crippen LogP contribution in [0.15, 0.2) is 54.6 Å². The first-order valence-corrected chi connectivity index (χ1v) is 9.76. The minimum atomic E-state index is -4.41. The number of pyridine rings is 1. The molecule has 0 spiro atoms. The van der Waals surface area contributed by atoms with E-state index >= 15 is 0 Å². The summed E-state index contributed by atoms with van der Waals surface area (Å²) in [5, 5.41) is 3.92. The lowest BCUT2D eigenvalue weighted by atomic mass is 10.0. The molecule has 4 rings (SSSR count). The molecular weight excluding hydrogens is 377 g/mol. The molecule has 1 heterocycles. The number of fused-ring (bicyclic) bond motifs is 1. The third kappa shape index (κ3) is 4.42. The Balaban J connectivity index is 1.65. The van der Waals surface area contributed by atoms with Crippen molar-refractivity contribution in [2.24, 2.45) is 0 Å². The Labute approximate surface area is 167 Å². The average molecular weight is 398 g/mol. The molecule has 3 nitrogen and oxygen atoms in total. The van der Waals surface area contributed by atoms with E-state index in [9.17, 15) is 18.0 Å². The van der Waals surface area contributed by atoms with E-state index in [1.165, 1.54) is 6.07 Å². The number of nitrogens with one attached hydrogen (secondary N) is 1. The maximum Gasteiger partial charge on any atom is 0.416 e. The Morgan fingerprint density at radius 3 is 2.55 bits per heavy atom. The average Bonchev–Trinajstić information content (AvgIpc) is 3.20. The third-order valence-corrected chi connectivity index (χ3v) is 5.36. The smallest absolute Gasteiger partial charge is 0.353 e. The summed E-state index contributed by atoms with van der Waals surface area (Å²) < 4.78 is 39.1. The zero-order valence-electron chi connectivity index (χ0n) is 15.8. The fourth-order valence-corrected chi connectivity index (χ4v) is 3.89. The number of halogens is 3. The zero-order valence-corrected chi connectivity index (χ0v) is 15.8. The van der Waals surface area contributed by atoms with Crippen LogP contribution in [0.2, 0.25) is 0 Å². The molecule has 0 unspecified atom stereocenters. The first-order chi connectivity index (χ1) is 13.9. The molecule has 1 amide bonds. The Morgan fingerprint density at radius 2 is 1.79 bits per heavy atom. The summed E-state index contributed by atoms with van der Waals surface area (Å²) in [6, 6.07) is 14.5. The summed E-state index contributed by atoms with van der Waals surface area (Å²) in [7, 11) is 0. The summed E-state index contributed by atoms with van der Waals surface area (Å²) in [5.74, 6) is -0.0457. The molecule has 1 aromatic heterocycles. The Morgan fingerprint density at radius 1 is 1.03 bits per heavy atom. The largest absolute Gasteiger partial charge is 0.416 e. The van der Waals surface area contributed by atoms with Crippen LogP contribution in [0.3, 0.4) is 0 Å². The summed E-state index contributed by atoms with van der Waals surface area (Å²) in [6.45, 7) is 0. The molecule has 0 atom stereocenters. The number of nitrogens with zero attached hydrogens (tertiary/aromatic N) is 1. The quantitative estimate of drug-likeness (QED) is 0.629. The highest BCUT2D eigenvalue weighted by atomic mass is 19.4. The van der Waals surface area contributed by atoms with E-state index < -0.39 is 11.7 Å². The molecule has 29 heavy (non-hydrogen) atoms. The van der Waals surface area contributed by atoms with Gasteiger partial charge in [-0.2, -0.15) is 13.2 Å². The molecule has 150 valence electrons. The molecule has 0 aliphatic heterocycles. The summed E-state index contributed by atoms with van der Waals surface area (Å²) >= 11 is 0. The molecule has 1 saturated carbocycles. The van der Waals surface area contributed by atoms with Gasteiger partial charge in [-0.3, -0.25) is 4.79 Å². The van der Waals surface area contributed by atoms with Gasteiger partial charge in [-0.1, -0.05) is 49.2 Å². The number of amides is 1. The molecule has 0 saturated heterocycles. The van der Waals surface area contributed by atoms with Gasteiger partial charge in [-0.15, -0.1) is 0 Å². The SMILES string of the molecule is O=C(Cc1cccc2ccc(-c3cccc(C(F)(F)F)c3)nc12)NC1CCCC1. The van der Waals surface area contributed by atoms with Gasteiger partial charge in [0.15, 0.2) is 0 Å². The highest BCUT2D eigenvalue weighted by molar-refractivity contribution is 5.89. The monoisotopic (exact) mass is 398 g/mol. The van der Waals surface area contributed by atoms with E-state index in [1.807, 2.05) is 24.3 Å². The highest BCUT2D eigenvalue weighted by Gasteiger charge is 2.30. The predicted molar refractivity (Wildman–Crippen MR) is 106 cm³/mol. The van der Waals surface area contributed by atoms with Crippen molar-refractivity contribution in [1.82, 2.24) is 10.3 Å². The first kappa shape index (κ1) is 19.4. The van der Waals surface area contributed by atoms with Crippen LogP contribution in [-0.2, 0) is 17.4 Å². The highest BCUT2D eigenvalue weighted by Crippen LogP contribution is 2.32. The zero-order chi connectivity index (χ0) is 20.4. The van der Waals surface area contributed by atoms with E-state index in [0.29, 0.717) is 16.8 Å². The van der Waals surface area contributed by atoms with Crippen LogP contribution in [0.1, 0.15) is 36.8 Å². The van der Waals surface area contributed by atoms with Crippen molar-refractivity contribution >= 4 is 16.8 Å². The third-order valence-electron chi connectivity index (χ3n) is 5.36. The molecule has 0 bridgehead atoms. The summed E-state index contributed by atoms with van der Waals surface area (Å²) in [6.07, 6.45) is 0.101. The molecular formula is C23H21F3N2O. The number of para-hydroxylation sites is 1. The fraction of sp³-hybridized carbons (Fsp3) is 0.304. The number of hydrogen-bond acceptors (Lipinski definition) is 2. The maximum absolute atomic E-state index is 13.0. The molecule has 1 aliphatic carbocycles. The number of carbonyl (C=O) groups is 1. The number of benzene rings is 2. The van der Waals surface area contributed by atoms with Crippen molar-refractivity contribution < 1.29 is 18.0 Å². The molecule has 6 heteroatoms. The van der Waals surface area contributed by atoms with Crippen molar-refractivity contribution in [3.05, 3.63) is 65.7 Å². The number of rotatable bonds is 4. The van der Waals surface area contributed by atoms with Crippen molar-refractivity contribution in [1.29, 1.82) is 0 Å². The van der Waals surface area contributed by atoms with Gasteiger partial charge >= 0.3 is 6.18 Å². The van der Waals surface area contributed by atoms with E-state index in [1.54, 1.807) is 12.1 Å². The molecule has 3 aromatic rings. The van der Waals surface area contributed by atoms with E-state index in [-0.39, 0.29) is 18.4 Å².